The highest BCUT2D eigenvalue weighted by molar-refractivity contribution is 7.88. The molecule has 15 heavy (non-hydrogen) atoms. The summed E-state index contributed by atoms with van der Waals surface area (Å²) < 4.78 is 27.3. The third kappa shape index (κ3) is 5.50. The Bertz CT molecular complexity index is 324. The van der Waals surface area contributed by atoms with Crippen LogP contribution < -0.4 is 0 Å². The highest BCUT2D eigenvalue weighted by atomic mass is 32.2. The highest BCUT2D eigenvalue weighted by Gasteiger charge is 2.22. The fraction of sp³-hybridized carbons (Fsp3) is 0.625. The van der Waals surface area contributed by atoms with Crippen LogP contribution in [0.15, 0.2) is 12.7 Å². The van der Waals surface area contributed by atoms with Gasteiger partial charge in [0.05, 0.1) is 12.8 Å². The third-order valence-electron chi connectivity index (χ3n) is 1.61. The number of nitrogens with zero attached hydrogens (tertiary/aromatic N) is 1. The lowest BCUT2D eigenvalue weighted by molar-refractivity contribution is -0.152. The molecule has 0 aromatic rings. The fourth-order valence-electron chi connectivity index (χ4n) is 0.691. The van der Waals surface area contributed by atoms with Crippen molar-refractivity contribution in [3.8, 4) is 0 Å². The molecular weight excluding hydrogens is 222 g/mol. The molecule has 1 unspecified atom stereocenters. The van der Waals surface area contributed by atoms with Crippen molar-refractivity contribution in [3.05, 3.63) is 12.7 Å². The van der Waals surface area contributed by atoms with Gasteiger partial charge < -0.3 is 9.84 Å². The van der Waals surface area contributed by atoms with E-state index in [0.29, 0.717) is 0 Å². The SMILES string of the molecule is C=CCOC(=O)C(O)CN(C)S(C)(=O)=O. The van der Waals surface area contributed by atoms with Crippen LogP contribution in [0, 0.1) is 0 Å². The zero-order valence-corrected chi connectivity index (χ0v) is 9.53. The number of ether oxygens (including phenoxy) is 1. The number of esters is 1. The largest absolute Gasteiger partial charge is 0.460 e. The molecule has 0 aliphatic heterocycles. The van der Waals surface area contributed by atoms with Crippen LogP contribution >= 0.6 is 0 Å². The smallest absolute Gasteiger partial charge is 0.336 e. The first-order chi connectivity index (χ1) is 6.79. The minimum absolute atomic E-state index is 0.0154. The van der Waals surface area contributed by atoms with Crippen molar-refractivity contribution in [1.29, 1.82) is 0 Å². The van der Waals surface area contributed by atoms with Gasteiger partial charge in [0.1, 0.15) is 6.61 Å². The average molecular weight is 237 g/mol. The first-order valence-electron chi connectivity index (χ1n) is 4.16. The molecule has 0 amide bonds. The van der Waals surface area contributed by atoms with Gasteiger partial charge in [-0.1, -0.05) is 12.7 Å². The van der Waals surface area contributed by atoms with Gasteiger partial charge in [-0.25, -0.2) is 17.5 Å². The molecule has 0 bridgehead atoms. The lowest BCUT2D eigenvalue weighted by Gasteiger charge is -2.17. The van der Waals surface area contributed by atoms with Gasteiger partial charge in [-0.2, -0.15) is 0 Å². The molecule has 0 radical (unpaired) electrons. The Morgan fingerprint density at radius 3 is 2.60 bits per heavy atom. The fourth-order valence-corrected chi connectivity index (χ4v) is 1.10. The zero-order valence-electron chi connectivity index (χ0n) is 8.71. The molecular formula is C8H15NO5S. The van der Waals surface area contributed by atoms with Crippen molar-refractivity contribution in [2.45, 2.75) is 6.10 Å². The molecule has 0 spiro atoms. The van der Waals surface area contributed by atoms with Crippen molar-refractivity contribution >= 4 is 16.0 Å². The van der Waals surface area contributed by atoms with Crippen LogP contribution in [0.25, 0.3) is 0 Å². The summed E-state index contributed by atoms with van der Waals surface area (Å²) in [7, 11) is -2.14. The number of hydrogen-bond acceptors (Lipinski definition) is 5. The molecule has 1 atom stereocenters. The predicted octanol–water partition coefficient (Wildman–Crippen LogP) is -1.03. The first-order valence-corrected chi connectivity index (χ1v) is 6.00. The molecule has 0 aromatic carbocycles. The van der Waals surface area contributed by atoms with E-state index in [1.54, 1.807) is 0 Å². The summed E-state index contributed by atoms with van der Waals surface area (Å²) in [5.74, 6) is -0.870. The number of hydrogen-bond donors (Lipinski definition) is 1. The molecule has 0 aromatic heterocycles. The van der Waals surface area contributed by atoms with E-state index in [0.717, 1.165) is 10.6 Å². The number of carbonyl (C=O) groups is 1. The molecule has 88 valence electrons. The van der Waals surface area contributed by atoms with Crippen LogP contribution in [0.5, 0.6) is 0 Å². The molecule has 7 heteroatoms. The van der Waals surface area contributed by atoms with E-state index in [2.05, 4.69) is 11.3 Å². The summed E-state index contributed by atoms with van der Waals surface area (Å²) in [6.45, 7) is 2.99. The Morgan fingerprint density at radius 2 is 2.20 bits per heavy atom. The minimum Gasteiger partial charge on any atom is -0.460 e. The number of aliphatic hydroxyl groups is 1. The Balaban J connectivity index is 4.19. The van der Waals surface area contributed by atoms with Crippen molar-refractivity contribution in [1.82, 2.24) is 4.31 Å². The average Bonchev–Trinajstić information content (AvgIpc) is 2.12. The van der Waals surface area contributed by atoms with E-state index in [-0.39, 0.29) is 13.2 Å². The van der Waals surface area contributed by atoms with E-state index in [4.69, 9.17) is 0 Å². The summed E-state index contributed by atoms with van der Waals surface area (Å²) >= 11 is 0. The van der Waals surface area contributed by atoms with Crippen LogP contribution in [-0.4, -0.2) is 56.4 Å². The Morgan fingerprint density at radius 1 is 1.67 bits per heavy atom. The van der Waals surface area contributed by atoms with E-state index >= 15 is 0 Å². The van der Waals surface area contributed by atoms with Gasteiger partial charge in [0, 0.05) is 7.05 Å². The number of rotatable bonds is 6. The molecule has 0 rings (SSSR count). The van der Waals surface area contributed by atoms with Gasteiger partial charge in [-0.3, -0.25) is 0 Å². The topological polar surface area (TPSA) is 83.9 Å². The van der Waals surface area contributed by atoms with E-state index < -0.39 is 22.1 Å². The number of likely N-dealkylation sites (N-methyl/N-ethyl adjacent to an activating group) is 1. The highest BCUT2D eigenvalue weighted by Crippen LogP contribution is 1.98. The van der Waals surface area contributed by atoms with Gasteiger partial charge in [-0.15, -0.1) is 0 Å². The third-order valence-corrected chi connectivity index (χ3v) is 2.89. The minimum atomic E-state index is -3.41. The van der Waals surface area contributed by atoms with Crippen molar-refractivity contribution in [3.63, 3.8) is 0 Å². The monoisotopic (exact) mass is 237 g/mol. The van der Waals surface area contributed by atoms with Crippen LogP contribution in [0.3, 0.4) is 0 Å². The normalized spacial score (nSPS) is 13.6. The molecule has 0 saturated heterocycles. The quantitative estimate of drug-likeness (QED) is 0.471. The maximum Gasteiger partial charge on any atom is 0.336 e. The second kappa shape index (κ2) is 5.84. The molecule has 0 saturated carbocycles. The van der Waals surface area contributed by atoms with Gasteiger partial charge >= 0.3 is 5.97 Å². The molecule has 0 fully saturated rings. The Labute approximate surface area is 89.2 Å². The van der Waals surface area contributed by atoms with E-state index in [1.165, 1.54) is 13.1 Å². The lowest BCUT2D eigenvalue weighted by atomic mass is 10.3. The molecule has 6 nitrogen and oxygen atoms in total. The molecule has 0 heterocycles. The van der Waals surface area contributed by atoms with E-state index in [1.807, 2.05) is 0 Å². The van der Waals surface area contributed by atoms with Crippen LogP contribution in [0.2, 0.25) is 0 Å². The first kappa shape index (κ1) is 14.1. The van der Waals surface area contributed by atoms with Gasteiger partial charge in [0.2, 0.25) is 10.0 Å². The Kier molecular flexibility index (Phi) is 5.48. The lowest BCUT2D eigenvalue weighted by Crippen LogP contribution is -2.38. The second-order valence-electron chi connectivity index (χ2n) is 2.98. The number of sulfonamides is 1. The standard InChI is InChI=1S/C8H15NO5S/c1-4-5-14-8(11)7(10)6-9(2)15(3,12)13/h4,7,10H,1,5-6H2,2-3H3. The zero-order chi connectivity index (χ0) is 12.1. The molecule has 1 N–H and O–H groups in total. The summed E-state index contributed by atoms with van der Waals surface area (Å²) in [6.07, 6.45) is 0.851. The van der Waals surface area contributed by atoms with Gasteiger partial charge in [0.15, 0.2) is 6.10 Å². The van der Waals surface area contributed by atoms with Crippen LogP contribution in [0.1, 0.15) is 0 Å². The summed E-state index contributed by atoms with van der Waals surface area (Å²) in [5.41, 5.74) is 0. The van der Waals surface area contributed by atoms with Crippen molar-refractivity contribution in [2.75, 3.05) is 26.5 Å². The Hall–Kier alpha value is -0.920. The second-order valence-corrected chi connectivity index (χ2v) is 5.07. The maximum atomic E-state index is 11.0. The molecule has 0 aliphatic rings. The van der Waals surface area contributed by atoms with Crippen LogP contribution in [-0.2, 0) is 19.6 Å². The van der Waals surface area contributed by atoms with Gasteiger partial charge in [0.25, 0.3) is 0 Å². The number of aliphatic hydroxyl groups excluding tert-OH is 1. The summed E-state index contributed by atoms with van der Waals surface area (Å²) in [5, 5.41) is 9.26. The van der Waals surface area contributed by atoms with Crippen LogP contribution in [0.4, 0.5) is 0 Å². The molecule has 0 aliphatic carbocycles. The summed E-state index contributed by atoms with van der Waals surface area (Å²) in [6, 6.07) is 0. The number of carbonyl (C=O) groups excluding carboxylic acids is 1. The van der Waals surface area contributed by atoms with E-state index in [9.17, 15) is 18.3 Å². The summed E-state index contributed by atoms with van der Waals surface area (Å²) in [4.78, 5) is 11.0. The maximum absolute atomic E-state index is 11.0. The van der Waals surface area contributed by atoms with Crippen molar-refractivity contribution < 1.29 is 23.1 Å². The predicted molar refractivity (Wildman–Crippen MR) is 54.6 cm³/mol. The van der Waals surface area contributed by atoms with Crippen molar-refractivity contribution in [2.24, 2.45) is 0 Å². The van der Waals surface area contributed by atoms with Gasteiger partial charge in [-0.05, 0) is 0 Å².